The number of rotatable bonds is 5. The van der Waals surface area contributed by atoms with Gasteiger partial charge >= 0.3 is 0 Å². The van der Waals surface area contributed by atoms with E-state index in [1.54, 1.807) is 0 Å². The third kappa shape index (κ3) is 6.20. The monoisotopic (exact) mass is 355 g/mol. The molecule has 2 rings (SSSR count). The normalized spacial score (nSPS) is 24.5. The van der Waals surface area contributed by atoms with Crippen molar-refractivity contribution in [3.05, 3.63) is 0 Å². The zero-order valence-corrected chi connectivity index (χ0v) is 15.3. The fraction of sp³-hybridized carbons (Fsp3) is 0.933. The Morgan fingerprint density at radius 2 is 2.00 bits per heavy atom. The molecule has 0 aromatic carbocycles. The van der Waals surface area contributed by atoms with E-state index in [2.05, 4.69) is 24.1 Å². The summed E-state index contributed by atoms with van der Waals surface area (Å²) in [5.41, 5.74) is 5.46. The van der Waals surface area contributed by atoms with Gasteiger partial charge in [-0.3, -0.25) is 4.79 Å². The van der Waals surface area contributed by atoms with Gasteiger partial charge in [-0.1, -0.05) is 13.8 Å². The molecule has 1 unspecified atom stereocenters. The standard InChI is InChI=1S/C15H29N3O2.2ClH/c1-12(2)10-18-6-3-13(11-18)9-17-14(19)15(16)4-7-20-8-5-15;;/h12-13H,3-11,16H2,1-2H3,(H,17,19);2*1H. The van der Waals surface area contributed by atoms with E-state index in [0.29, 0.717) is 37.9 Å². The van der Waals surface area contributed by atoms with Crippen molar-refractivity contribution in [1.82, 2.24) is 10.2 Å². The Hall–Kier alpha value is -0.0700. The first kappa shape index (κ1) is 21.9. The smallest absolute Gasteiger partial charge is 0.240 e. The van der Waals surface area contributed by atoms with Gasteiger partial charge in [-0.25, -0.2) is 0 Å². The van der Waals surface area contributed by atoms with Gasteiger partial charge in [0.1, 0.15) is 0 Å². The maximum atomic E-state index is 12.2. The zero-order valence-electron chi connectivity index (χ0n) is 13.7. The molecule has 0 saturated carbocycles. The number of carbonyl (C=O) groups excluding carboxylic acids is 1. The van der Waals surface area contributed by atoms with E-state index in [-0.39, 0.29) is 30.7 Å². The summed E-state index contributed by atoms with van der Waals surface area (Å²) >= 11 is 0. The number of hydrogen-bond acceptors (Lipinski definition) is 4. The second-order valence-corrected chi connectivity index (χ2v) is 6.79. The predicted octanol–water partition coefficient (Wildman–Crippen LogP) is 1.43. The lowest BCUT2D eigenvalue weighted by Crippen LogP contribution is -2.57. The number of carbonyl (C=O) groups is 1. The van der Waals surface area contributed by atoms with Gasteiger partial charge < -0.3 is 20.7 Å². The minimum Gasteiger partial charge on any atom is -0.381 e. The molecule has 0 aromatic rings. The Morgan fingerprint density at radius 1 is 1.36 bits per heavy atom. The van der Waals surface area contributed by atoms with E-state index >= 15 is 0 Å². The summed E-state index contributed by atoms with van der Waals surface area (Å²) in [5, 5.41) is 3.06. The van der Waals surface area contributed by atoms with Crippen molar-refractivity contribution in [1.29, 1.82) is 0 Å². The van der Waals surface area contributed by atoms with Crippen molar-refractivity contribution >= 4 is 30.7 Å². The average molecular weight is 356 g/mol. The van der Waals surface area contributed by atoms with Gasteiger partial charge in [0, 0.05) is 32.8 Å². The lowest BCUT2D eigenvalue weighted by molar-refractivity contribution is -0.129. The first-order chi connectivity index (χ1) is 9.49. The molecule has 0 radical (unpaired) electrons. The Labute approximate surface area is 146 Å². The van der Waals surface area contributed by atoms with Crippen molar-refractivity contribution < 1.29 is 9.53 Å². The molecule has 3 N–H and O–H groups in total. The van der Waals surface area contributed by atoms with Crippen LogP contribution < -0.4 is 11.1 Å². The molecular formula is C15H31Cl2N3O2. The van der Waals surface area contributed by atoms with Crippen molar-refractivity contribution in [2.45, 2.75) is 38.6 Å². The Bertz CT molecular complexity index is 337. The van der Waals surface area contributed by atoms with E-state index in [0.717, 1.165) is 26.2 Å². The van der Waals surface area contributed by atoms with Crippen LogP contribution in [-0.2, 0) is 9.53 Å². The molecule has 2 aliphatic heterocycles. The summed E-state index contributed by atoms with van der Waals surface area (Å²) in [4.78, 5) is 14.7. The quantitative estimate of drug-likeness (QED) is 0.782. The number of ether oxygens (including phenoxy) is 1. The Balaban J connectivity index is 0.00000220. The van der Waals surface area contributed by atoms with Crippen LogP contribution in [0.25, 0.3) is 0 Å². The minimum absolute atomic E-state index is 0. The van der Waals surface area contributed by atoms with Crippen molar-refractivity contribution in [3.8, 4) is 0 Å². The Kier molecular flexibility index (Phi) is 9.90. The lowest BCUT2D eigenvalue weighted by Gasteiger charge is -2.32. The average Bonchev–Trinajstić information content (AvgIpc) is 2.83. The molecule has 7 heteroatoms. The van der Waals surface area contributed by atoms with Crippen molar-refractivity contribution in [2.75, 3.05) is 39.4 Å². The highest BCUT2D eigenvalue weighted by atomic mass is 35.5. The van der Waals surface area contributed by atoms with E-state index in [4.69, 9.17) is 10.5 Å². The minimum atomic E-state index is -0.714. The molecule has 0 aromatic heterocycles. The van der Waals surface area contributed by atoms with Gasteiger partial charge in [-0.15, -0.1) is 24.8 Å². The molecule has 0 aliphatic carbocycles. The third-order valence-electron chi connectivity index (χ3n) is 4.38. The number of halogens is 2. The molecule has 1 atom stereocenters. The Morgan fingerprint density at radius 3 is 2.59 bits per heavy atom. The van der Waals surface area contributed by atoms with Gasteiger partial charge in [0.2, 0.25) is 5.91 Å². The fourth-order valence-electron chi connectivity index (χ4n) is 3.14. The SMILES string of the molecule is CC(C)CN1CCC(CNC(=O)C2(N)CCOCC2)C1.Cl.Cl. The third-order valence-corrected chi connectivity index (χ3v) is 4.38. The van der Waals surface area contributed by atoms with Gasteiger partial charge in [-0.2, -0.15) is 0 Å². The van der Waals surface area contributed by atoms with Gasteiger partial charge in [0.15, 0.2) is 0 Å². The fourth-order valence-corrected chi connectivity index (χ4v) is 3.14. The molecule has 22 heavy (non-hydrogen) atoms. The highest BCUT2D eigenvalue weighted by Crippen LogP contribution is 2.19. The zero-order chi connectivity index (χ0) is 14.6. The topological polar surface area (TPSA) is 67.6 Å². The van der Waals surface area contributed by atoms with E-state index in [1.807, 2.05) is 0 Å². The van der Waals surface area contributed by atoms with Crippen molar-refractivity contribution in [3.63, 3.8) is 0 Å². The largest absolute Gasteiger partial charge is 0.381 e. The van der Waals surface area contributed by atoms with Crippen LogP contribution in [0.4, 0.5) is 0 Å². The first-order valence-corrected chi connectivity index (χ1v) is 7.87. The van der Waals surface area contributed by atoms with Crippen LogP contribution in [0.2, 0.25) is 0 Å². The van der Waals surface area contributed by atoms with E-state index in [1.165, 1.54) is 6.42 Å². The summed E-state index contributed by atoms with van der Waals surface area (Å²) < 4.78 is 5.28. The predicted molar refractivity (Wildman–Crippen MR) is 93.9 cm³/mol. The molecule has 2 aliphatic rings. The van der Waals surface area contributed by atoms with Gasteiger partial charge in [0.05, 0.1) is 5.54 Å². The molecule has 5 nitrogen and oxygen atoms in total. The summed E-state index contributed by atoms with van der Waals surface area (Å²) in [5.74, 6) is 1.28. The number of amides is 1. The maximum absolute atomic E-state index is 12.2. The van der Waals surface area contributed by atoms with Crippen LogP contribution >= 0.6 is 24.8 Å². The molecule has 132 valence electrons. The molecule has 1 amide bonds. The lowest BCUT2D eigenvalue weighted by atomic mass is 9.90. The van der Waals surface area contributed by atoms with Crippen LogP contribution in [-0.4, -0.2) is 55.7 Å². The first-order valence-electron chi connectivity index (χ1n) is 7.87. The van der Waals surface area contributed by atoms with Crippen LogP contribution in [0.3, 0.4) is 0 Å². The number of nitrogens with zero attached hydrogens (tertiary/aromatic N) is 1. The molecule has 0 spiro atoms. The summed E-state index contributed by atoms with van der Waals surface area (Å²) in [6, 6.07) is 0. The molecule has 2 heterocycles. The van der Waals surface area contributed by atoms with Crippen LogP contribution in [0.5, 0.6) is 0 Å². The number of nitrogens with two attached hydrogens (primary N) is 1. The van der Waals surface area contributed by atoms with Crippen LogP contribution in [0.1, 0.15) is 33.1 Å². The number of hydrogen-bond donors (Lipinski definition) is 2. The van der Waals surface area contributed by atoms with Gasteiger partial charge in [0.25, 0.3) is 0 Å². The highest BCUT2D eigenvalue weighted by Gasteiger charge is 2.36. The maximum Gasteiger partial charge on any atom is 0.240 e. The number of nitrogens with one attached hydrogen (secondary N) is 1. The van der Waals surface area contributed by atoms with Crippen molar-refractivity contribution in [2.24, 2.45) is 17.6 Å². The summed E-state index contributed by atoms with van der Waals surface area (Å²) in [7, 11) is 0. The van der Waals surface area contributed by atoms with E-state index < -0.39 is 5.54 Å². The highest BCUT2D eigenvalue weighted by molar-refractivity contribution is 5.86. The molecule has 2 saturated heterocycles. The number of likely N-dealkylation sites (tertiary alicyclic amines) is 1. The second kappa shape index (κ2) is 9.93. The van der Waals surface area contributed by atoms with Crippen LogP contribution in [0, 0.1) is 11.8 Å². The van der Waals surface area contributed by atoms with E-state index in [9.17, 15) is 4.79 Å². The summed E-state index contributed by atoms with van der Waals surface area (Å²) in [6.45, 7) is 9.84. The van der Waals surface area contributed by atoms with Crippen LogP contribution in [0.15, 0.2) is 0 Å². The van der Waals surface area contributed by atoms with Gasteiger partial charge in [-0.05, 0) is 37.6 Å². The second-order valence-electron chi connectivity index (χ2n) is 6.79. The molecular weight excluding hydrogens is 325 g/mol. The molecule has 2 fully saturated rings. The molecule has 0 bridgehead atoms. The summed E-state index contributed by atoms with van der Waals surface area (Å²) in [6.07, 6.45) is 2.43.